The highest BCUT2D eigenvalue weighted by Gasteiger charge is 2.24. The Balaban J connectivity index is 2.25. The van der Waals surface area contributed by atoms with Crippen molar-refractivity contribution in [1.82, 2.24) is 9.97 Å². The standard InChI is InChI=1S/C12H8Cl2N2O/c1-17-7-3-2-6-4-9-10(8(6)5-7)15-12(14)16-11(9)13/h2-3,5H,4H2,1H3. The average molecular weight is 267 g/mol. The van der Waals surface area contributed by atoms with Crippen LogP contribution in [0.4, 0.5) is 0 Å². The Morgan fingerprint density at radius 3 is 2.82 bits per heavy atom. The van der Waals surface area contributed by atoms with Gasteiger partial charge >= 0.3 is 0 Å². The molecule has 1 aliphatic carbocycles. The lowest BCUT2D eigenvalue weighted by molar-refractivity contribution is 0.415. The number of hydrogen-bond acceptors (Lipinski definition) is 3. The molecule has 86 valence electrons. The molecule has 0 N–H and O–H groups in total. The maximum atomic E-state index is 6.07. The SMILES string of the molecule is COc1ccc2c(c1)-c1nc(Cl)nc(Cl)c1C2. The molecule has 0 fully saturated rings. The van der Waals surface area contributed by atoms with Gasteiger partial charge in [0.1, 0.15) is 10.9 Å². The summed E-state index contributed by atoms with van der Waals surface area (Å²) in [4.78, 5) is 8.20. The second-order valence-electron chi connectivity index (χ2n) is 3.81. The van der Waals surface area contributed by atoms with E-state index in [-0.39, 0.29) is 5.28 Å². The predicted octanol–water partition coefficient (Wildman–Crippen LogP) is 3.36. The van der Waals surface area contributed by atoms with Gasteiger partial charge in [0.05, 0.1) is 12.8 Å². The van der Waals surface area contributed by atoms with Crippen LogP contribution in [0.25, 0.3) is 11.3 Å². The number of nitrogens with zero attached hydrogens (tertiary/aromatic N) is 2. The van der Waals surface area contributed by atoms with Gasteiger partial charge in [0.15, 0.2) is 0 Å². The molecule has 1 aliphatic rings. The highest BCUT2D eigenvalue weighted by Crippen LogP contribution is 2.40. The summed E-state index contributed by atoms with van der Waals surface area (Å²) in [5.41, 5.74) is 3.92. The zero-order chi connectivity index (χ0) is 12.0. The lowest BCUT2D eigenvalue weighted by Gasteiger charge is -2.04. The minimum Gasteiger partial charge on any atom is -0.497 e. The van der Waals surface area contributed by atoms with Crippen molar-refractivity contribution in [3.8, 4) is 17.0 Å². The van der Waals surface area contributed by atoms with E-state index in [1.807, 2.05) is 18.2 Å². The molecule has 0 aliphatic heterocycles. The molecule has 1 aromatic heterocycles. The summed E-state index contributed by atoms with van der Waals surface area (Å²) in [6, 6.07) is 5.88. The number of benzene rings is 1. The van der Waals surface area contributed by atoms with Crippen molar-refractivity contribution in [3.05, 3.63) is 39.8 Å². The Bertz CT molecular complexity index is 614. The lowest BCUT2D eigenvalue weighted by atomic mass is 10.1. The molecule has 17 heavy (non-hydrogen) atoms. The number of halogens is 2. The summed E-state index contributed by atoms with van der Waals surface area (Å²) in [5, 5.41) is 0.597. The van der Waals surface area contributed by atoms with Crippen LogP contribution < -0.4 is 4.74 Å². The van der Waals surface area contributed by atoms with Crippen LogP contribution in [0.1, 0.15) is 11.1 Å². The lowest BCUT2D eigenvalue weighted by Crippen LogP contribution is -1.91. The summed E-state index contributed by atoms with van der Waals surface area (Å²) >= 11 is 11.9. The molecule has 5 heteroatoms. The summed E-state index contributed by atoms with van der Waals surface area (Å²) in [6.45, 7) is 0. The molecule has 0 atom stereocenters. The third-order valence-corrected chi connectivity index (χ3v) is 3.35. The van der Waals surface area contributed by atoms with Gasteiger partial charge in [-0.15, -0.1) is 0 Å². The van der Waals surface area contributed by atoms with Gasteiger partial charge in [0.25, 0.3) is 0 Å². The van der Waals surface area contributed by atoms with E-state index in [0.717, 1.165) is 29.0 Å². The second-order valence-corrected chi connectivity index (χ2v) is 4.51. The highest BCUT2D eigenvalue weighted by molar-refractivity contribution is 6.32. The first-order chi connectivity index (χ1) is 8.19. The Kier molecular flexibility index (Phi) is 2.45. The third-order valence-electron chi connectivity index (χ3n) is 2.87. The van der Waals surface area contributed by atoms with Crippen molar-refractivity contribution in [3.63, 3.8) is 0 Å². The van der Waals surface area contributed by atoms with Gasteiger partial charge in [-0.2, -0.15) is 0 Å². The molecule has 0 radical (unpaired) electrons. The van der Waals surface area contributed by atoms with Gasteiger partial charge in [-0.05, 0) is 29.3 Å². The Morgan fingerprint density at radius 1 is 1.24 bits per heavy atom. The third kappa shape index (κ3) is 1.66. The normalized spacial score (nSPS) is 12.2. The minimum absolute atomic E-state index is 0.171. The van der Waals surface area contributed by atoms with Crippen LogP contribution >= 0.6 is 23.2 Å². The van der Waals surface area contributed by atoms with Crippen molar-refractivity contribution in [2.45, 2.75) is 6.42 Å². The van der Waals surface area contributed by atoms with Crippen molar-refractivity contribution >= 4 is 23.2 Å². The van der Waals surface area contributed by atoms with Gasteiger partial charge in [-0.25, -0.2) is 9.97 Å². The molecule has 2 aromatic rings. The van der Waals surface area contributed by atoms with Crippen molar-refractivity contribution in [2.24, 2.45) is 0 Å². The minimum atomic E-state index is 0.171. The molecule has 3 nitrogen and oxygen atoms in total. The maximum Gasteiger partial charge on any atom is 0.224 e. The number of methoxy groups -OCH3 is 1. The zero-order valence-electron chi connectivity index (χ0n) is 9.00. The molecule has 1 heterocycles. The molecular weight excluding hydrogens is 259 g/mol. The Morgan fingerprint density at radius 2 is 2.06 bits per heavy atom. The van der Waals surface area contributed by atoms with Crippen molar-refractivity contribution in [1.29, 1.82) is 0 Å². The molecule has 1 aromatic carbocycles. The van der Waals surface area contributed by atoms with E-state index in [1.165, 1.54) is 5.56 Å². The number of rotatable bonds is 1. The molecule has 0 saturated heterocycles. The fraction of sp³-hybridized carbons (Fsp3) is 0.167. The van der Waals surface area contributed by atoms with Gasteiger partial charge in [0, 0.05) is 17.5 Å². The van der Waals surface area contributed by atoms with Gasteiger partial charge in [-0.1, -0.05) is 17.7 Å². The van der Waals surface area contributed by atoms with E-state index in [0.29, 0.717) is 5.15 Å². The number of hydrogen-bond donors (Lipinski definition) is 0. The van der Waals surface area contributed by atoms with Gasteiger partial charge in [-0.3, -0.25) is 0 Å². The molecule has 0 saturated carbocycles. The molecular formula is C12H8Cl2N2O. The van der Waals surface area contributed by atoms with Crippen LogP contribution in [0.3, 0.4) is 0 Å². The van der Waals surface area contributed by atoms with Crippen LogP contribution in [0.15, 0.2) is 18.2 Å². The molecule has 0 bridgehead atoms. The predicted molar refractivity (Wildman–Crippen MR) is 66.8 cm³/mol. The van der Waals surface area contributed by atoms with Crippen LogP contribution in [-0.2, 0) is 6.42 Å². The van der Waals surface area contributed by atoms with E-state index in [9.17, 15) is 0 Å². The fourth-order valence-corrected chi connectivity index (χ4v) is 2.51. The molecule has 0 unspecified atom stereocenters. The molecule has 0 spiro atoms. The van der Waals surface area contributed by atoms with Crippen LogP contribution in [0, 0.1) is 0 Å². The van der Waals surface area contributed by atoms with E-state index in [2.05, 4.69) is 9.97 Å². The summed E-state index contributed by atoms with van der Waals surface area (Å²) in [6.07, 6.45) is 0.741. The van der Waals surface area contributed by atoms with Crippen LogP contribution in [0.2, 0.25) is 10.4 Å². The zero-order valence-corrected chi connectivity index (χ0v) is 10.5. The first-order valence-corrected chi connectivity index (χ1v) is 5.84. The van der Waals surface area contributed by atoms with Crippen molar-refractivity contribution in [2.75, 3.05) is 7.11 Å². The molecule has 0 amide bonds. The monoisotopic (exact) mass is 266 g/mol. The average Bonchev–Trinajstić information content (AvgIpc) is 2.67. The van der Waals surface area contributed by atoms with Gasteiger partial charge in [0.2, 0.25) is 5.28 Å². The van der Waals surface area contributed by atoms with Crippen LogP contribution in [0.5, 0.6) is 5.75 Å². The Labute approximate surface area is 108 Å². The highest BCUT2D eigenvalue weighted by atomic mass is 35.5. The number of aromatic nitrogens is 2. The van der Waals surface area contributed by atoms with Crippen LogP contribution in [-0.4, -0.2) is 17.1 Å². The summed E-state index contributed by atoms with van der Waals surface area (Å²) < 4.78 is 5.21. The number of fused-ring (bicyclic) bond motifs is 3. The topological polar surface area (TPSA) is 35.0 Å². The first kappa shape index (κ1) is 10.8. The number of ether oxygens (including phenoxy) is 1. The summed E-state index contributed by atoms with van der Waals surface area (Å²) in [5.74, 6) is 0.794. The first-order valence-electron chi connectivity index (χ1n) is 5.08. The second kappa shape index (κ2) is 3.86. The fourth-order valence-electron chi connectivity index (χ4n) is 2.06. The quantitative estimate of drug-likeness (QED) is 0.501. The Hall–Kier alpha value is -1.32. The maximum absolute atomic E-state index is 6.07. The largest absolute Gasteiger partial charge is 0.497 e. The van der Waals surface area contributed by atoms with E-state index in [4.69, 9.17) is 27.9 Å². The van der Waals surface area contributed by atoms with Gasteiger partial charge < -0.3 is 4.74 Å². The van der Waals surface area contributed by atoms with E-state index in [1.54, 1.807) is 7.11 Å². The smallest absolute Gasteiger partial charge is 0.224 e. The molecule has 3 rings (SSSR count). The van der Waals surface area contributed by atoms with E-state index < -0.39 is 0 Å². The summed E-state index contributed by atoms with van der Waals surface area (Å²) in [7, 11) is 1.64. The van der Waals surface area contributed by atoms with Crippen molar-refractivity contribution < 1.29 is 4.74 Å². The van der Waals surface area contributed by atoms with E-state index >= 15 is 0 Å².